The maximum absolute atomic E-state index is 13.7. The Bertz CT molecular complexity index is 1400. The number of aliphatic hydroxyl groups is 1. The summed E-state index contributed by atoms with van der Waals surface area (Å²) in [6.07, 6.45) is 4.23. The summed E-state index contributed by atoms with van der Waals surface area (Å²) in [5, 5.41) is 20.0. The molecule has 0 spiro atoms. The van der Waals surface area contributed by atoms with Crippen LogP contribution in [0.4, 0.5) is 14.6 Å². The number of anilines is 1. The molecule has 5 heterocycles. The van der Waals surface area contributed by atoms with E-state index < -0.39 is 24.0 Å². The molecule has 1 amide bonds. The Labute approximate surface area is 198 Å². The normalized spacial score (nSPS) is 23.5. The number of amides is 1. The van der Waals surface area contributed by atoms with Gasteiger partial charge in [0.05, 0.1) is 37.2 Å². The van der Waals surface area contributed by atoms with Gasteiger partial charge < -0.3 is 25.0 Å². The molecule has 2 aromatic rings. The van der Waals surface area contributed by atoms with E-state index in [9.17, 15) is 18.7 Å². The van der Waals surface area contributed by atoms with Gasteiger partial charge in [-0.3, -0.25) is 4.79 Å². The molecule has 0 bridgehead atoms. The fourth-order valence-corrected chi connectivity index (χ4v) is 4.69. The first-order chi connectivity index (χ1) is 16.9. The molecule has 1 saturated heterocycles. The molecule has 2 fully saturated rings. The van der Waals surface area contributed by atoms with E-state index in [-0.39, 0.29) is 36.7 Å². The minimum absolute atomic E-state index is 0.108. The summed E-state index contributed by atoms with van der Waals surface area (Å²) < 4.78 is 36.2. The molecular weight excluding hydrogens is 460 g/mol. The second kappa shape index (κ2) is 7.95. The maximum Gasteiger partial charge on any atom is 0.267 e. The van der Waals surface area contributed by atoms with Crippen molar-refractivity contribution in [1.82, 2.24) is 29.5 Å². The number of aliphatic hydroxyl groups excluding tert-OH is 1. The largest absolute Gasteiger partial charge is 0.388 e. The zero-order valence-electron chi connectivity index (χ0n) is 18.8. The van der Waals surface area contributed by atoms with Gasteiger partial charge in [-0.1, -0.05) is 0 Å². The van der Waals surface area contributed by atoms with Gasteiger partial charge in [0.1, 0.15) is 23.3 Å². The van der Waals surface area contributed by atoms with Crippen LogP contribution in [-0.4, -0.2) is 73.5 Å². The second-order valence-corrected chi connectivity index (χ2v) is 8.89. The van der Waals surface area contributed by atoms with E-state index in [0.29, 0.717) is 23.9 Å². The van der Waals surface area contributed by atoms with E-state index in [2.05, 4.69) is 25.7 Å². The molecule has 3 atom stereocenters. The summed E-state index contributed by atoms with van der Waals surface area (Å²) in [7, 11) is 1.71. The highest BCUT2D eigenvalue weighted by atomic mass is 19.3. The molecule has 4 aliphatic rings. The Morgan fingerprint density at radius 3 is 2.83 bits per heavy atom. The zero-order chi connectivity index (χ0) is 24.3. The number of pyridine rings is 1. The van der Waals surface area contributed by atoms with Crippen LogP contribution in [0.25, 0.3) is 28.3 Å². The van der Waals surface area contributed by atoms with Crippen LogP contribution in [0.1, 0.15) is 29.2 Å². The van der Waals surface area contributed by atoms with Crippen molar-refractivity contribution in [2.24, 2.45) is 0 Å². The summed E-state index contributed by atoms with van der Waals surface area (Å²) in [6, 6.07) is 4.12. The molecule has 1 saturated carbocycles. The molecule has 182 valence electrons. The first-order valence-electron chi connectivity index (χ1n) is 11.3. The Kier molecular flexibility index (Phi) is 4.97. The molecular formula is C23H23F2N7O3. The standard InChI is InChI=1S/C23H23F2N7O3/c1-26-19-7-15(13-8-27-20-12(13)3-2-6-31(20)16-10-35-11-17(16)33)29-21-14(9-28-32(19)21)22(34)30-18-4-5-23(18,24)25/h2-3,6-9,16-18,26,33H,4-5,10-11H2,1H3,(H,30,34)/t16-,17-,18?/m0/s1. The Hall–Kier alpha value is -3.64. The number of rotatable bonds is 5. The van der Waals surface area contributed by atoms with Gasteiger partial charge in [-0.25, -0.2) is 18.7 Å². The van der Waals surface area contributed by atoms with Crippen LogP contribution in [0, 0.1) is 0 Å². The highest BCUT2D eigenvalue weighted by molar-refractivity contribution is 6.00. The van der Waals surface area contributed by atoms with Gasteiger partial charge in [-0.05, 0) is 18.6 Å². The third-order valence-corrected chi connectivity index (χ3v) is 6.81. The summed E-state index contributed by atoms with van der Waals surface area (Å²) in [5.74, 6) is -2.31. The number of fused-ring (bicyclic) bond motifs is 2. The van der Waals surface area contributed by atoms with Crippen LogP contribution in [0.2, 0.25) is 0 Å². The molecule has 2 aromatic heterocycles. The summed E-state index contributed by atoms with van der Waals surface area (Å²) >= 11 is 0. The van der Waals surface area contributed by atoms with Crippen LogP contribution >= 0.6 is 0 Å². The van der Waals surface area contributed by atoms with Crippen LogP contribution < -0.4 is 10.6 Å². The lowest BCUT2D eigenvalue weighted by Crippen LogP contribution is -2.55. The molecule has 12 heteroatoms. The maximum atomic E-state index is 13.7. The average molecular weight is 483 g/mol. The Morgan fingerprint density at radius 1 is 1.29 bits per heavy atom. The predicted octanol–water partition coefficient (Wildman–Crippen LogP) is 2.20. The van der Waals surface area contributed by atoms with E-state index in [0.717, 1.165) is 11.1 Å². The van der Waals surface area contributed by atoms with Gasteiger partial charge in [0.15, 0.2) is 5.65 Å². The van der Waals surface area contributed by atoms with Crippen molar-refractivity contribution < 1.29 is 23.4 Å². The number of carbonyl (C=O) groups is 1. The molecule has 1 unspecified atom stereocenters. The van der Waals surface area contributed by atoms with Gasteiger partial charge in [0, 0.05) is 43.1 Å². The van der Waals surface area contributed by atoms with Gasteiger partial charge >= 0.3 is 0 Å². The lowest BCUT2D eigenvalue weighted by Gasteiger charge is -2.36. The van der Waals surface area contributed by atoms with Crippen LogP contribution in [0.3, 0.4) is 0 Å². The number of hydrogen-bond acceptors (Lipinski definition) is 7. The van der Waals surface area contributed by atoms with Crippen LogP contribution in [0.5, 0.6) is 0 Å². The van der Waals surface area contributed by atoms with Crippen molar-refractivity contribution in [1.29, 1.82) is 0 Å². The Balaban J connectivity index is 1.40. The number of carbonyl (C=O) groups excluding carboxylic acids is 1. The van der Waals surface area contributed by atoms with Crippen molar-refractivity contribution in [2.75, 3.05) is 25.6 Å². The van der Waals surface area contributed by atoms with Crippen molar-refractivity contribution >= 4 is 17.4 Å². The number of aromatic nitrogens is 5. The molecule has 0 radical (unpaired) electrons. The Morgan fingerprint density at radius 2 is 2.14 bits per heavy atom. The van der Waals surface area contributed by atoms with E-state index in [4.69, 9.17) is 4.74 Å². The molecule has 1 aliphatic carbocycles. The van der Waals surface area contributed by atoms with Crippen LogP contribution in [0.15, 0.2) is 36.8 Å². The third kappa shape index (κ3) is 3.43. The van der Waals surface area contributed by atoms with E-state index in [1.165, 1.54) is 10.7 Å². The van der Waals surface area contributed by atoms with Gasteiger partial charge in [0.25, 0.3) is 11.8 Å². The molecule has 6 rings (SSSR count). The molecule has 0 aromatic carbocycles. The highest BCUT2D eigenvalue weighted by Gasteiger charge is 2.49. The number of nitrogens with one attached hydrogen (secondary N) is 2. The second-order valence-electron chi connectivity index (χ2n) is 8.89. The molecule has 10 nitrogen and oxygen atoms in total. The number of nitrogens with zero attached hydrogens (tertiary/aromatic N) is 5. The van der Waals surface area contributed by atoms with Crippen LogP contribution in [-0.2, 0) is 4.74 Å². The third-order valence-electron chi connectivity index (χ3n) is 6.81. The van der Waals surface area contributed by atoms with Gasteiger partial charge in [0.2, 0.25) is 0 Å². The number of ether oxygens (including phenoxy) is 1. The summed E-state index contributed by atoms with van der Waals surface area (Å²) in [5.41, 5.74) is 2.42. The number of alkyl halides is 2. The quantitative estimate of drug-likeness (QED) is 0.398. The monoisotopic (exact) mass is 483 g/mol. The van der Waals surface area contributed by atoms with Crippen molar-refractivity contribution in [2.45, 2.75) is 37.0 Å². The van der Waals surface area contributed by atoms with E-state index in [1.54, 1.807) is 19.3 Å². The van der Waals surface area contributed by atoms with E-state index >= 15 is 0 Å². The minimum atomic E-state index is -2.90. The number of halogens is 2. The summed E-state index contributed by atoms with van der Waals surface area (Å²) in [6.45, 7) is 0.653. The lowest BCUT2D eigenvalue weighted by atomic mass is 9.88. The topological polar surface area (TPSA) is 119 Å². The SMILES string of the molecule is CNc1cc(-c2cnc3n([C@H]4COC[C@@H]4O)cccc2-3)nc2c(C(=O)NC3CCC3(F)F)cnn12. The highest BCUT2D eigenvalue weighted by Crippen LogP contribution is 2.38. The average Bonchev–Trinajstić information content (AvgIpc) is 3.58. The smallest absolute Gasteiger partial charge is 0.267 e. The van der Waals surface area contributed by atoms with E-state index in [1.807, 2.05) is 22.9 Å². The fourth-order valence-electron chi connectivity index (χ4n) is 4.69. The predicted molar refractivity (Wildman–Crippen MR) is 122 cm³/mol. The fraction of sp³-hybridized carbons (Fsp3) is 0.391. The van der Waals surface area contributed by atoms with Crippen molar-refractivity contribution in [3.8, 4) is 22.6 Å². The molecule has 35 heavy (non-hydrogen) atoms. The van der Waals surface area contributed by atoms with Crippen molar-refractivity contribution in [3.05, 3.63) is 42.4 Å². The number of hydrogen-bond donors (Lipinski definition) is 3. The van der Waals surface area contributed by atoms with Gasteiger partial charge in [-0.2, -0.15) is 9.61 Å². The first kappa shape index (κ1) is 21.9. The van der Waals surface area contributed by atoms with Gasteiger partial charge in [-0.15, -0.1) is 0 Å². The first-order valence-corrected chi connectivity index (χ1v) is 11.3. The lowest BCUT2D eigenvalue weighted by molar-refractivity contribution is -0.102. The van der Waals surface area contributed by atoms with Crippen molar-refractivity contribution in [3.63, 3.8) is 0 Å². The minimum Gasteiger partial charge on any atom is -0.388 e. The summed E-state index contributed by atoms with van der Waals surface area (Å²) in [4.78, 5) is 22.1. The zero-order valence-corrected chi connectivity index (χ0v) is 18.8. The molecule has 3 N–H and O–H groups in total. The molecule has 3 aliphatic heterocycles.